The van der Waals surface area contributed by atoms with Gasteiger partial charge < -0.3 is 4.98 Å². The molecule has 0 spiro atoms. The van der Waals surface area contributed by atoms with Crippen molar-refractivity contribution in [2.75, 3.05) is 0 Å². The normalized spacial score (nSPS) is 12.3. The Balaban J connectivity index is 1.77. The highest BCUT2D eigenvalue weighted by molar-refractivity contribution is 7.12. The molecule has 1 unspecified atom stereocenters. The van der Waals surface area contributed by atoms with Crippen molar-refractivity contribution in [3.8, 4) is 0 Å². The van der Waals surface area contributed by atoms with Crippen LogP contribution in [0, 0.1) is 0 Å². The molecule has 0 amide bonds. The molecule has 0 aliphatic heterocycles. The number of ketones is 1. The number of thiophene rings is 1. The molecule has 2 aromatic carbocycles. The van der Waals surface area contributed by atoms with Crippen molar-refractivity contribution in [1.82, 2.24) is 4.98 Å². The third-order valence-corrected chi connectivity index (χ3v) is 5.30. The molecule has 2 aromatic heterocycles. The molecule has 2 nitrogen and oxygen atoms in total. The van der Waals surface area contributed by atoms with Crippen LogP contribution in [0.3, 0.4) is 0 Å². The summed E-state index contributed by atoms with van der Waals surface area (Å²) in [4.78, 5) is 16.9. The summed E-state index contributed by atoms with van der Waals surface area (Å²) in [6.07, 6.45) is 2.52. The Bertz CT molecular complexity index is 954. The van der Waals surface area contributed by atoms with E-state index in [1.165, 1.54) is 27.8 Å². The van der Waals surface area contributed by atoms with E-state index in [1.54, 1.807) is 0 Å². The summed E-state index contributed by atoms with van der Waals surface area (Å²) in [6, 6.07) is 22.4. The molecular formula is C21H17NOS. The summed E-state index contributed by atoms with van der Waals surface area (Å²) in [5.74, 6) is 0.251. The van der Waals surface area contributed by atoms with Gasteiger partial charge >= 0.3 is 0 Å². The first-order valence-electron chi connectivity index (χ1n) is 8.00. The van der Waals surface area contributed by atoms with Crippen molar-refractivity contribution in [2.45, 2.75) is 12.3 Å². The molecule has 1 N–H and O–H groups in total. The van der Waals surface area contributed by atoms with E-state index in [2.05, 4.69) is 29.2 Å². The van der Waals surface area contributed by atoms with Crippen LogP contribution in [0.2, 0.25) is 0 Å². The zero-order chi connectivity index (χ0) is 16.4. The smallest absolute Gasteiger partial charge is 0.173 e. The Morgan fingerprint density at radius 1 is 0.958 bits per heavy atom. The molecule has 2 heterocycles. The van der Waals surface area contributed by atoms with Crippen LogP contribution in [0.5, 0.6) is 0 Å². The fourth-order valence-corrected chi connectivity index (χ4v) is 3.87. The van der Waals surface area contributed by atoms with Gasteiger partial charge in [0.2, 0.25) is 0 Å². The summed E-state index contributed by atoms with van der Waals surface area (Å²) in [5, 5.41) is 3.14. The van der Waals surface area contributed by atoms with Crippen LogP contribution in [0.25, 0.3) is 10.9 Å². The minimum absolute atomic E-state index is 0.0527. The molecule has 0 bridgehead atoms. The Labute approximate surface area is 144 Å². The molecule has 118 valence electrons. The molecule has 0 fully saturated rings. The maximum atomic E-state index is 12.7. The molecule has 4 rings (SSSR count). The van der Waals surface area contributed by atoms with Crippen molar-refractivity contribution in [3.05, 3.63) is 94.3 Å². The monoisotopic (exact) mass is 331 g/mol. The first kappa shape index (κ1) is 14.9. The minimum atomic E-state index is 0.0527. The number of carbonyl (C=O) groups excluding carboxylic acids is 1. The van der Waals surface area contributed by atoms with Crippen molar-refractivity contribution in [1.29, 1.82) is 0 Å². The number of hydrogen-bond donors (Lipinski definition) is 1. The second-order valence-corrected chi connectivity index (χ2v) is 6.81. The zero-order valence-corrected chi connectivity index (χ0v) is 13.9. The second-order valence-electron chi connectivity index (χ2n) is 5.86. The number of nitrogens with one attached hydrogen (secondary N) is 1. The summed E-state index contributed by atoms with van der Waals surface area (Å²) in [6.45, 7) is 0. The van der Waals surface area contributed by atoms with Gasteiger partial charge in [0.1, 0.15) is 0 Å². The van der Waals surface area contributed by atoms with Crippen LogP contribution in [0.1, 0.15) is 33.1 Å². The third-order valence-electron chi connectivity index (χ3n) is 4.38. The quantitative estimate of drug-likeness (QED) is 0.472. The van der Waals surface area contributed by atoms with E-state index in [4.69, 9.17) is 0 Å². The number of fused-ring (bicyclic) bond motifs is 1. The van der Waals surface area contributed by atoms with Crippen LogP contribution in [-0.2, 0) is 0 Å². The molecular weight excluding hydrogens is 314 g/mol. The number of hydrogen-bond acceptors (Lipinski definition) is 2. The van der Waals surface area contributed by atoms with E-state index in [0.29, 0.717) is 6.42 Å². The number of benzene rings is 2. The van der Waals surface area contributed by atoms with Crippen LogP contribution in [-0.4, -0.2) is 10.8 Å². The highest BCUT2D eigenvalue weighted by atomic mass is 32.1. The molecule has 0 saturated carbocycles. The van der Waals surface area contributed by atoms with Gasteiger partial charge in [-0.2, -0.15) is 0 Å². The van der Waals surface area contributed by atoms with Gasteiger partial charge in [-0.25, -0.2) is 0 Å². The molecule has 24 heavy (non-hydrogen) atoms. The topological polar surface area (TPSA) is 32.9 Å². The molecule has 0 saturated heterocycles. The Morgan fingerprint density at radius 3 is 2.54 bits per heavy atom. The first-order valence-corrected chi connectivity index (χ1v) is 8.88. The lowest BCUT2D eigenvalue weighted by Crippen LogP contribution is -2.08. The minimum Gasteiger partial charge on any atom is -0.361 e. The molecule has 0 radical (unpaired) electrons. The number of H-pyrrole nitrogens is 1. The molecule has 4 aromatic rings. The molecule has 0 aliphatic rings. The molecule has 0 aliphatic carbocycles. The lowest BCUT2D eigenvalue weighted by Gasteiger charge is -2.16. The summed E-state index contributed by atoms with van der Waals surface area (Å²) < 4.78 is 0. The SMILES string of the molecule is O=C(CC(c1ccccc1)c1c[nH]c2ccccc12)c1cccs1. The Kier molecular flexibility index (Phi) is 4.01. The number of Topliss-reactive ketones (excluding diaryl/α,β-unsaturated/α-hetero) is 1. The predicted octanol–water partition coefficient (Wildman–Crippen LogP) is 5.63. The average Bonchev–Trinajstić information content (AvgIpc) is 3.30. The zero-order valence-electron chi connectivity index (χ0n) is 13.1. The van der Waals surface area contributed by atoms with Crippen LogP contribution >= 0.6 is 11.3 Å². The standard InChI is InChI=1S/C21H17NOS/c23-20(21-11-6-12-24-21)13-17(15-7-2-1-3-8-15)18-14-22-19-10-5-4-9-16(18)19/h1-12,14,17,22H,13H2. The average molecular weight is 331 g/mol. The van der Waals surface area contributed by atoms with Gasteiger partial charge in [0.15, 0.2) is 5.78 Å². The van der Waals surface area contributed by atoms with Gasteiger partial charge in [0.25, 0.3) is 0 Å². The van der Waals surface area contributed by atoms with E-state index < -0.39 is 0 Å². The van der Waals surface area contributed by atoms with Gasteiger partial charge in [-0.3, -0.25) is 4.79 Å². The highest BCUT2D eigenvalue weighted by Gasteiger charge is 2.22. The maximum absolute atomic E-state index is 12.7. The van der Waals surface area contributed by atoms with E-state index in [1.807, 2.05) is 54.0 Å². The van der Waals surface area contributed by atoms with Gasteiger partial charge in [0.05, 0.1) is 4.88 Å². The van der Waals surface area contributed by atoms with E-state index in [-0.39, 0.29) is 11.7 Å². The second kappa shape index (κ2) is 6.46. The van der Waals surface area contributed by atoms with Crippen molar-refractivity contribution in [2.24, 2.45) is 0 Å². The van der Waals surface area contributed by atoms with Crippen molar-refractivity contribution >= 4 is 28.0 Å². The Hall–Kier alpha value is -2.65. The number of carbonyl (C=O) groups is 1. The number of rotatable bonds is 5. The fraction of sp³-hybridized carbons (Fsp3) is 0.0952. The summed E-state index contributed by atoms with van der Waals surface area (Å²) >= 11 is 1.51. The van der Waals surface area contributed by atoms with Crippen LogP contribution in [0.4, 0.5) is 0 Å². The van der Waals surface area contributed by atoms with Gasteiger partial charge in [-0.1, -0.05) is 54.6 Å². The first-order chi connectivity index (χ1) is 11.8. The fourth-order valence-electron chi connectivity index (χ4n) is 3.20. The van der Waals surface area contributed by atoms with Crippen molar-refractivity contribution < 1.29 is 4.79 Å². The third kappa shape index (κ3) is 2.79. The summed E-state index contributed by atoms with van der Waals surface area (Å²) in [7, 11) is 0. The van der Waals surface area contributed by atoms with E-state index >= 15 is 0 Å². The number of aromatic amines is 1. The summed E-state index contributed by atoms with van der Waals surface area (Å²) in [5.41, 5.74) is 3.46. The molecule has 1 atom stereocenters. The molecule has 3 heteroatoms. The number of aromatic nitrogens is 1. The van der Waals surface area contributed by atoms with Crippen LogP contribution in [0.15, 0.2) is 78.3 Å². The van der Waals surface area contributed by atoms with Gasteiger partial charge in [0, 0.05) is 29.4 Å². The van der Waals surface area contributed by atoms with E-state index in [0.717, 1.165) is 10.4 Å². The lowest BCUT2D eigenvalue weighted by molar-refractivity contribution is 0.0981. The lowest BCUT2D eigenvalue weighted by atomic mass is 9.86. The highest BCUT2D eigenvalue weighted by Crippen LogP contribution is 2.34. The van der Waals surface area contributed by atoms with Crippen molar-refractivity contribution in [3.63, 3.8) is 0 Å². The Morgan fingerprint density at radius 2 is 1.75 bits per heavy atom. The van der Waals surface area contributed by atoms with Gasteiger partial charge in [-0.05, 0) is 28.6 Å². The van der Waals surface area contributed by atoms with E-state index in [9.17, 15) is 4.79 Å². The maximum Gasteiger partial charge on any atom is 0.173 e. The van der Waals surface area contributed by atoms with Crippen LogP contribution < -0.4 is 0 Å². The number of para-hydroxylation sites is 1. The van der Waals surface area contributed by atoms with Gasteiger partial charge in [-0.15, -0.1) is 11.3 Å². The predicted molar refractivity (Wildman–Crippen MR) is 99.9 cm³/mol. The largest absolute Gasteiger partial charge is 0.361 e.